The fourth-order valence-electron chi connectivity index (χ4n) is 2.76. The van der Waals surface area contributed by atoms with Crippen molar-refractivity contribution in [3.8, 4) is 0 Å². The topological polar surface area (TPSA) is 49.9 Å². The molecule has 0 bridgehead atoms. The SMILES string of the molecule is Cc1ccc(S(=O)(=O)N2C[C@@]3(C)O[C@H]3[C@H]2C(F)(F)F)cc1. The summed E-state index contributed by atoms with van der Waals surface area (Å²) in [6.45, 7) is 2.99. The van der Waals surface area contributed by atoms with Gasteiger partial charge >= 0.3 is 6.18 Å². The number of morpholine rings is 1. The maximum Gasteiger partial charge on any atom is 0.407 e. The van der Waals surface area contributed by atoms with E-state index >= 15 is 0 Å². The molecule has 2 heterocycles. The van der Waals surface area contributed by atoms with Crippen LogP contribution in [-0.2, 0) is 14.8 Å². The molecule has 3 atom stereocenters. The summed E-state index contributed by atoms with van der Waals surface area (Å²) in [7, 11) is -4.20. The van der Waals surface area contributed by atoms with Crippen molar-refractivity contribution in [2.75, 3.05) is 6.54 Å². The van der Waals surface area contributed by atoms with E-state index in [0.717, 1.165) is 5.56 Å². The van der Waals surface area contributed by atoms with Gasteiger partial charge in [-0.05, 0) is 26.0 Å². The van der Waals surface area contributed by atoms with Crippen molar-refractivity contribution < 1.29 is 26.3 Å². The Morgan fingerprint density at radius 3 is 2.38 bits per heavy atom. The van der Waals surface area contributed by atoms with Crippen LogP contribution in [0.3, 0.4) is 0 Å². The fourth-order valence-corrected chi connectivity index (χ4v) is 4.46. The first-order valence-corrected chi connectivity index (χ1v) is 7.83. The minimum Gasteiger partial charge on any atom is -0.363 e. The number of rotatable bonds is 2. The van der Waals surface area contributed by atoms with E-state index in [1.165, 1.54) is 19.1 Å². The van der Waals surface area contributed by atoms with Gasteiger partial charge in [0.15, 0.2) is 0 Å². The lowest BCUT2D eigenvalue weighted by atomic mass is 10.1. The van der Waals surface area contributed by atoms with Crippen molar-refractivity contribution >= 4 is 10.0 Å². The van der Waals surface area contributed by atoms with E-state index in [1.54, 1.807) is 19.1 Å². The van der Waals surface area contributed by atoms with Crippen LogP contribution in [0.5, 0.6) is 0 Å². The van der Waals surface area contributed by atoms with Crippen molar-refractivity contribution in [1.29, 1.82) is 0 Å². The van der Waals surface area contributed by atoms with Gasteiger partial charge in [-0.25, -0.2) is 8.42 Å². The second-order valence-corrected chi connectivity index (χ2v) is 7.59. The monoisotopic (exact) mass is 321 g/mol. The molecule has 0 aliphatic carbocycles. The maximum absolute atomic E-state index is 13.2. The number of halogens is 3. The Bertz CT molecular complexity index is 671. The van der Waals surface area contributed by atoms with E-state index < -0.39 is 33.9 Å². The minimum atomic E-state index is -4.66. The molecule has 1 aromatic rings. The molecule has 0 saturated carbocycles. The number of alkyl halides is 3. The average Bonchev–Trinajstić information content (AvgIpc) is 2.89. The molecule has 1 aromatic carbocycles. The smallest absolute Gasteiger partial charge is 0.363 e. The molecular formula is C13H14F3NO3S. The van der Waals surface area contributed by atoms with Crippen LogP contribution in [0.15, 0.2) is 29.2 Å². The van der Waals surface area contributed by atoms with Crippen LogP contribution in [0, 0.1) is 6.92 Å². The minimum absolute atomic E-state index is 0.132. The predicted molar refractivity (Wildman–Crippen MR) is 68.2 cm³/mol. The molecule has 0 spiro atoms. The zero-order chi connectivity index (χ0) is 15.6. The lowest BCUT2D eigenvalue weighted by molar-refractivity contribution is -0.174. The quantitative estimate of drug-likeness (QED) is 0.784. The first-order chi connectivity index (χ1) is 9.56. The Hall–Kier alpha value is -1.12. The van der Waals surface area contributed by atoms with Gasteiger partial charge in [0.05, 0.1) is 4.90 Å². The normalized spacial score (nSPS) is 33.0. The Kier molecular flexibility index (Phi) is 2.96. The molecule has 0 unspecified atom stereocenters. The number of benzene rings is 1. The van der Waals surface area contributed by atoms with Crippen LogP contribution in [0.1, 0.15) is 12.5 Å². The molecule has 116 valence electrons. The zero-order valence-electron chi connectivity index (χ0n) is 11.4. The summed E-state index contributed by atoms with van der Waals surface area (Å²) in [6, 6.07) is 3.65. The molecule has 2 aliphatic rings. The Morgan fingerprint density at radius 1 is 1.29 bits per heavy atom. The number of fused-ring (bicyclic) bond motifs is 1. The molecule has 0 amide bonds. The molecular weight excluding hydrogens is 307 g/mol. The highest BCUT2D eigenvalue weighted by molar-refractivity contribution is 7.89. The van der Waals surface area contributed by atoms with Crippen LogP contribution < -0.4 is 0 Å². The second-order valence-electron chi connectivity index (χ2n) is 5.70. The molecule has 2 fully saturated rings. The van der Waals surface area contributed by atoms with Gasteiger partial charge in [0.2, 0.25) is 10.0 Å². The summed E-state index contributed by atoms with van der Waals surface area (Å²) in [4.78, 5) is -0.132. The number of epoxide rings is 1. The lowest BCUT2D eigenvalue weighted by Gasteiger charge is -2.28. The van der Waals surface area contributed by atoms with Gasteiger partial charge in [0, 0.05) is 6.54 Å². The summed E-state index contributed by atoms with van der Waals surface area (Å²) >= 11 is 0. The third kappa shape index (κ3) is 2.25. The number of aryl methyl sites for hydroxylation is 1. The Balaban J connectivity index is 2.00. The van der Waals surface area contributed by atoms with Crippen molar-refractivity contribution in [2.45, 2.75) is 42.7 Å². The van der Waals surface area contributed by atoms with Crippen LogP contribution in [0.4, 0.5) is 13.2 Å². The molecule has 0 radical (unpaired) electrons. The summed E-state index contributed by atoms with van der Waals surface area (Å²) in [6.07, 6.45) is -5.77. The number of nitrogens with zero attached hydrogens (tertiary/aromatic N) is 1. The van der Waals surface area contributed by atoms with Crippen LogP contribution in [0.25, 0.3) is 0 Å². The van der Waals surface area contributed by atoms with Crippen molar-refractivity contribution in [3.05, 3.63) is 29.8 Å². The molecule has 2 saturated heterocycles. The largest absolute Gasteiger partial charge is 0.407 e. The molecule has 4 nitrogen and oxygen atoms in total. The Morgan fingerprint density at radius 2 is 1.86 bits per heavy atom. The van der Waals surface area contributed by atoms with Crippen molar-refractivity contribution in [3.63, 3.8) is 0 Å². The van der Waals surface area contributed by atoms with Crippen LogP contribution in [-0.4, -0.2) is 43.2 Å². The van der Waals surface area contributed by atoms with E-state index in [1.807, 2.05) is 0 Å². The second kappa shape index (κ2) is 4.21. The number of sulfonamides is 1. The highest BCUT2D eigenvalue weighted by atomic mass is 32.2. The van der Waals surface area contributed by atoms with E-state index in [2.05, 4.69) is 0 Å². The predicted octanol–water partition coefficient (Wildman–Crippen LogP) is 2.09. The van der Waals surface area contributed by atoms with Gasteiger partial charge in [0.25, 0.3) is 0 Å². The molecule has 8 heteroatoms. The molecule has 3 rings (SSSR count). The van der Waals surface area contributed by atoms with Crippen LogP contribution >= 0.6 is 0 Å². The van der Waals surface area contributed by atoms with E-state index in [0.29, 0.717) is 4.31 Å². The molecule has 0 aromatic heterocycles. The van der Waals surface area contributed by atoms with Gasteiger partial charge in [-0.3, -0.25) is 0 Å². The molecule has 21 heavy (non-hydrogen) atoms. The molecule has 0 N–H and O–H groups in total. The number of ether oxygens (including phenoxy) is 1. The summed E-state index contributed by atoms with van der Waals surface area (Å²) in [5.41, 5.74) is -0.196. The summed E-state index contributed by atoms with van der Waals surface area (Å²) < 4.78 is 70.1. The summed E-state index contributed by atoms with van der Waals surface area (Å²) in [5, 5.41) is 0. The average molecular weight is 321 g/mol. The highest BCUT2D eigenvalue weighted by Crippen LogP contribution is 2.53. The van der Waals surface area contributed by atoms with Gasteiger partial charge in [-0.1, -0.05) is 17.7 Å². The van der Waals surface area contributed by atoms with Crippen molar-refractivity contribution in [1.82, 2.24) is 4.31 Å². The van der Waals surface area contributed by atoms with Gasteiger partial charge < -0.3 is 4.74 Å². The number of hydrogen-bond donors (Lipinski definition) is 0. The first kappa shape index (κ1) is 14.8. The van der Waals surface area contributed by atoms with E-state index in [9.17, 15) is 21.6 Å². The summed E-state index contributed by atoms with van der Waals surface area (Å²) in [5.74, 6) is 0. The van der Waals surface area contributed by atoms with E-state index in [4.69, 9.17) is 4.74 Å². The highest BCUT2D eigenvalue weighted by Gasteiger charge is 2.73. The Labute approximate surface area is 120 Å². The van der Waals surface area contributed by atoms with Crippen LogP contribution in [0.2, 0.25) is 0 Å². The van der Waals surface area contributed by atoms with Crippen molar-refractivity contribution in [2.24, 2.45) is 0 Å². The third-order valence-corrected chi connectivity index (χ3v) is 5.81. The third-order valence-electron chi connectivity index (χ3n) is 3.97. The van der Waals surface area contributed by atoms with Gasteiger partial charge in [-0.15, -0.1) is 0 Å². The fraction of sp³-hybridized carbons (Fsp3) is 0.538. The van der Waals surface area contributed by atoms with Gasteiger partial charge in [-0.2, -0.15) is 17.5 Å². The van der Waals surface area contributed by atoms with Gasteiger partial charge in [0.1, 0.15) is 17.7 Å². The zero-order valence-corrected chi connectivity index (χ0v) is 12.2. The first-order valence-electron chi connectivity index (χ1n) is 6.39. The molecule has 2 aliphatic heterocycles. The number of hydrogen-bond acceptors (Lipinski definition) is 3. The lowest BCUT2D eigenvalue weighted by Crippen LogP contribution is -2.48. The van der Waals surface area contributed by atoms with E-state index in [-0.39, 0.29) is 11.4 Å². The maximum atomic E-state index is 13.2. The standard InChI is InChI=1S/C13H14F3NO3S/c1-8-3-5-9(6-4-8)21(18,19)17-7-12(2)11(20-12)10(17)13(14,15)16/h3-6,10-11H,7H2,1-2H3/t10-,11-,12+/m0/s1.